The molecule has 0 saturated heterocycles. The minimum absolute atomic E-state index is 0.0578. The number of rotatable bonds is 4. The number of nitrogens with zero attached hydrogens (tertiary/aromatic N) is 3. The molecule has 0 atom stereocenters. The van der Waals surface area contributed by atoms with Gasteiger partial charge in [0.25, 0.3) is 0 Å². The van der Waals surface area contributed by atoms with Crippen LogP contribution in [0.1, 0.15) is 21.7 Å². The van der Waals surface area contributed by atoms with Gasteiger partial charge in [0.1, 0.15) is 0 Å². The summed E-state index contributed by atoms with van der Waals surface area (Å²) < 4.78 is 11.9. The Hall–Kier alpha value is -3.23. The summed E-state index contributed by atoms with van der Waals surface area (Å²) >= 11 is 0. The van der Waals surface area contributed by atoms with Crippen molar-refractivity contribution in [1.29, 1.82) is 0 Å². The molecular formula is C17H20N4O5. The lowest BCUT2D eigenvalue weighted by Crippen LogP contribution is -2.39. The number of methoxy groups -OCH3 is 2. The molecule has 9 nitrogen and oxygen atoms in total. The van der Waals surface area contributed by atoms with E-state index >= 15 is 0 Å². The van der Waals surface area contributed by atoms with Crippen molar-refractivity contribution in [1.82, 2.24) is 14.7 Å². The topological polar surface area (TPSA) is 106 Å². The van der Waals surface area contributed by atoms with Gasteiger partial charge in [0.2, 0.25) is 0 Å². The number of amides is 2. The van der Waals surface area contributed by atoms with Gasteiger partial charge < -0.3 is 24.8 Å². The van der Waals surface area contributed by atoms with Crippen LogP contribution in [0.4, 0.5) is 10.5 Å². The Labute approximate surface area is 150 Å². The number of carboxylic acids is 1. The summed E-state index contributed by atoms with van der Waals surface area (Å²) in [5.74, 6) is 0.0400. The van der Waals surface area contributed by atoms with Crippen LogP contribution in [0.25, 0.3) is 0 Å². The van der Waals surface area contributed by atoms with E-state index < -0.39 is 5.97 Å². The fourth-order valence-electron chi connectivity index (χ4n) is 3.03. The SMILES string of the molecule is COc1ccc(NC(=O)N2CCc3c(C(=O)O)nn(C)c3C2)cc1OC. The van der Waals surface area contributed by atoms with E-state index in [0.717, 1.165) is 5.69 Å². The molecule has 1 aromatic heterocycles. The average Bonchev–Trinajstić information content (AvgIpc) is 2.98. The quantitative estimate of drug-likeness (QED) is 0.860. The molecule has 0 fully saturated rings. The van der Waals surface area contributed by atoms with E-state index in [-0.39, 0.29) is 11.7 Å². The smallest absolute Gasteiger partial charge is 0.356 e. The summed E-state index contributed by atoms with van der Waals surface area (Å²) in [5, 5.41) is 16.1. The minimum atomic E-state index is -1.05. The summed E-state index contributed by atoms with van der Waals surface area (Å²) in [7, 11) is 4.75. The number of hydrogen-bond acceptors (Lipinski definition) is 5. The maximum Gasteiger partial charge on any atom is 0.356 e. The molecule has 138 valence electrons. The van der Waals surface area contributed by atoms with Gasteiger partial charge in [-0.25, -0.2) is 9.59 Å². The molecule has 9 heteroatoms. The van der Waals surface area contributed by atoms with Crippen LogP contribution in [0.5, 0.6) is 11.5 Å². The van der Waals surface area contributed by atoms with Gasteiger partial charge in [0.05, 0.1) is 26.5 Å². The minimum Gasteiger partial charge on any atom is -0.493 e. The lowest BCUT2D eigenvalue weighted by Gasteiger charge is -2.27. The fraction of sp³-hybridized carbons (Fsp3) is 0.353. The van der Waals surface area contributed by atoms with Gasteiger partial charge in [-0.2, -0.15) is 5.10 Å². The van der Waals surface area contributed by atoms with E-state index in [0.29, 0.717) is 42.3 Å². The van der Waals surface area contributed by atoms with Gasteiger partial charge in [-0.05, 0) is 18.6 Å². The molecule has 0 radical (unpaired) electrons. The first-order valence-electron chi connectivity index (χ1n) is 8.00. The molecule has 0 aliphatic carbocycles. The highest BCUT2D eigenvalue weighted by Crippen LogP contribution is 2.30. The maximum atomic E-state index is 12.6. The van der Waals surface area contributed by atoms with Crippen molar-refractivity contribution in [2.24, 2.45) is 7.05 Å². The van der Waals surface area contributed by atoms with Crippen LogP contribution in [0.2, 0.25) is 0 Å². The zero-order valence-electron chi connectivity index (χ0n) is 14.8. The third-order valence-corrected chi connectivity index (χ3v) is 4.37. The molecule has 0 spiro atoms. The Balaban J connectivity index is 1.75. The van der Waals surface area contributed by atoms with E-state index in [1.165, 1.54) is 11.8 Å². The number of urea groups is 1. The van der Waals surface area contributed by atoms with E-state index in [4.69, 9.17) is 9.47 Å². The second-order valence-corrected chi connectivity index (χ2v) is 5.87. The summed E-state index contributed by atoms with van der Waals surface area (Å²) in [4.78, 5) is 25.5. The Morgan fingerprint density at radius 1 is 1.23 bits per heavy atom. The van der Waals surface area contributed by atoms with Crippen molar-refractivity contribution in [2.45, 2.75) is 13.0 Å². The molecule has 26 heavy (non-hydrogen) atoms. The average molecular weight is 360 g/mol. The maximum absolute atomic E-state index is 12.6. The first kappa shape index (κ1) is 17.6. The van der Waals surface area contributed by atoms with Gasteiger partial charge in [0, 0.05) is 30.9 Å². The number of aryl methyl sites for hydroxylation is 1. The highest BCUT2D eigenvalue weighted by atomic mass is 16.5. The van der Waals surface area contributed by atoms with E-state index in [9.17, 15) is 14.7 Å². The number of fused-ring (bicyclic) bond motifs is 1. The van der Waals surface area contributed by atoms with E-state index in [1.807, 2.05) is 0 Å². The molecule has 1 aromatic carbocycles. The van der Waals surface area contributed by atoms with Gasteiger partial charge in [-0.1, -0.05) is 0 Å². The molecule has 2 amide bonds. The number of aromatic carboxylic acids is 1. The Morgan fingerprint density at radius 2 is 1.96 bits per heavy atom. The first-order valence-corrected chi connectivity index (χ1v) is 8.00. The van der Waals surface area contributed by atoms with Crippen molar-refractivity contribution in [2.75, 3.05) is 26.1 Å². The number of nitrogens with one attached hydrogen (secondary N) is 1. The summed E-state index contributed by atoms with van der Waals surface area (Å²) in [6.07, 6.45) is 0.449. The number of hydrogen-bond donors (Lipinski definition) is 2. The number of carboxylic acid groups (broad SMARTS) is 1. The predicted molar refractivity (Wildman–Crippen MR) is 92.8 cm³/mol. The van der Waals surface area contributed by atoms with Crippen LogP contribution in [-0.4, -0.2) is 52.6 Å². The Morgan fingerprint density at radius 3 is 2.62 bits per heavy atom. The van der Waals surface area contributed by atoms with Crippen molar-refractivity contribution in [3.05, 3.63) is 35.2 Å². The van der Waals surface area contributed by atoms with Crippen LogP contribution in [0, 0.1) is 0 Å². The zero-order chi connectivity index (χ0) is 18.8. The molecule has 0 unspecified atom stereocenters. The number of benzene rings is 1. The normalized spacial score (nSPS) is 13.1. The van der Waals surface area contributed by atoms with Gasteiger partial charge >= 0.3 is 12.0 Å². The monoisotopic (exact) mass is 360 g/mol. The molecule has 2 N–H and O–H groups in total. The second-order valence-electron chi connectivity index (χ2n) is 5.87. The number of anilines is 1. The lowest BCUT2D eigenvalue weighted by atomic mass is 10.0. The Bertz CT molecular complexity index is 861. The lowest BCUT2D eigenvalue weighted by molar-refractivity contribution is 0.0688. The highest BCUT2D eigenvalue weighted by Gasteiger charge is 2.29. The van der Waals surface area contributed by atoms with Gasteiger partial charge in [-0.15, -0.1) is 0 Å². The standard InChI is InChI=1S/C17H20N4O5/c1-20-12-9-21(7-6-11(12)15(19-20)16(22)23)17(24)18-10-4-5-13(25-2)14(8-10)26-3/h4-5,8H,6-7,9H2,1-3H3,(H,18,24)(H,22,23). The number of aromatic nitrogens is 2. The van der Waals surface area contributed by atoms with E-state index in [2.05, 4.69) is 10.4 Å². The molecule has 3 rings (SSSR count). The molecule has 0 saturated carbocycles. The third kappa shape index (κ3) is 3.15. The van der Waals surface area contributed by atoms with Crippen molar-refractivity contribution < 1.29 is 24.2 Å². The van der Waals surface area contributed by atoms with Crippen LogP contribution in [0.15, 0.2) is 18.2 Å². The summed E-state index contributed by atoms with van der Waals surface area (Å²) in [6, 6.07) is 4.84. The zero-order valence-corrected chi connectivity index (χ0v) is 14.8. The number of ether oxygens (including phenoxy) is 2. The number of carbonyl (C=O) groups excluding carboxylic acids is 1. The van der Waals surface area contributed by atoms with Crippen LogP contribution >= 0.6 is 0 Å². The van der Waals surface area contributed by atoms with Crippen LogP contribution in [0.3, 0.4) is 0 Å². The Kier molecular flexibility index (Phi) is 4.70. The van der Waals surface area contributed by atoms with E-state index in [1.54, 1.807) is 37.3 Å². The van der Waals surface area contributed by atoms with Crippen molar-refractivity contribution >= 4 is 17.7 Å². The van der Waals surface area contributed by atoms with Gasteiger partial charge in [0.15, 0.2) is 17.2 Å². The largest absolute Gasteiger partial charge is 0.493 e. The molecule has 2 heterocycles. The predicted octanol–water partition coefficient (Wildman–Crippen LogP) is 1.73. The number of carbonyl (C=O) groups is 2. The first-order chi connectivity index (χ1) is 12.4. The second kappa shape index (κ2) is 6.95. The third-order valence-electron chi connectivity index (χ3n) is 4.37. The molecular weight excluding hydrogens is 340 g/mol. The molecule has 1 aliphatic heterocycles. The van der Waals surface area contributed by atoms with Crippen LogP contribution < -0.4 is 14.8 Å². The fourth-order valence-corrected chi connectivity index (χ4v) is 3.03. The molecule has 0 bridgehead atoms. The molecule has 2 aromatic rings. The van der Waals surface area contributed by atoms with Gasteiger partial charge in [-0.3, -0.25) is 4.68 Å². The van der Waals surface area contributed by atoms with Crippen molar-refractivity contribution in [3.8, 4) is 11.5 Å². The summed E-state index contributed by atoms with van der Waals surface area (Å²) in [5.41, 5.74) is 2.06. The van der Waals surface area contributed by atoms with Crippen molar-refractivity contribution in [3.63, 3.8) is 0 Å². The highest BCUT2D eigenvalue weighted by molar-refractivity contribution is 5.90. The summed E-state index contributed by atoms with van der Waals surface area (Å²) in [6.45, 7) is 0.712. The molecule has 1 aliphatic rings. The van der Waals surface area contributed by atoms with Crippen LogP contribution in [-0.2, 0) is 20.0 Å².